The van der Waals surface area contributed by atoms with Crippen LogP contribution in [-0.2, 0) is 0 Å². The molecule has 0 atom stereocenters. The molecule has 1 rings (SSSR count). The molecule has 0 bridgehead atoms. The molecule has 0 fully saturated rings. The fourth-order valence-electron chi connectivity index (χ4n) is 0.464. The van der Waals surface area contributed by atoms with Crippen LogP contribution in [0.25, 0.3) is 0 Å². The van der Waals surface area contributed by atoms with E-state index >= 15 is 0 Å². The highest BCUT2D eigenvalue weighted by Crippen LogP contribution is 2.21. The molecule has 0 spiro atoms. The topological polar surface area (TPSA) is 80.9 Å². The lowest BCUT2D eigenvalue weighted by atomic mass is 9.94. The lowest BCUT2D eigenvalue weighted by molar-refractivity contribution is 0.404. The van der Waals surface area contributed by atoms with E-state index in [-0.39, 0.29) is 11.5 Å². The Morgan fingerprint density at radius 1 is 1.08 bits per heavy atom. The van der Waals surface area contributed by atoms with Gasteiger partial charge in [-0.05, 0) is 12.1 Å². The molecule has 0 aromatic heterocycles. The quantitative estimate of drug-likeness (QED) is 0.371. The molecular weight excluding hydrogens is 171 g/mol. The molecule has 4 nitrogen and oxygen atoms in total. The van der Waals surface area contributed by atoms with Gasteiger partial charge < -0.3 is 20.3 Å². The normalized spacial score (nSPS) is 8.15. The van der Waals surface area contributed by atoms with Crippen LogP contribution >= 0.6 is 0 Å². The smallest absolute Gasteiger partial charge is 0.480 e. The van der Waals surface area contributed by atoms with Crippen molar-refractivity contribution >= 4 is 7.12 Å². The van der Waals surface area contributed by atoms with Crippen LogP contribution in [0.4, 0.5) is 0 Å². The highest BCUT2D eigenvalue weighted by atomic mass is 16.4. The summed E-state index contributed by atoms with van der Waals surface area (Å²) in [6, 6.07) is 6.15. The maximum absolute atomic E-state index is 8.67. The zero-order valence-corrected chi connectivity index (χ0v) is 6.96. The van der Waals surface area contributed by atoms with Crippen molar-refractivity contribution in [2.24, 2.45) is 0 Å². The second kappa shape index (κ2) is 6.10. The second-order valence-corrected chi connectivity index (χ2v) is 2.14. The molecule has 1 aromatic rings. The van der Waals surface area contributed by atoms with E-state index in [9.17, 15) is 0 Å². The third-order valence-corrected chi connectivity index (χ3v) is 1.09. The van der Waals surface area contributed by atoms with E-state index < -0.39 is 7.12 Å². The second-order valence-electron chi connectivity index (χ2n) is 2.14. The van der Waals surface area contributed by atoms with Gasteiger partial charge in [0, 0.05) is 0 Å². The van der Waals surface area contributed by atoms with E-state index in [0.29, 0.717) is 0 Å². The minimum absolute atomic E-state index is 0.0764. The number of hydrogen-bond acceptors (Lipinski definition) is 4. The largest absolute Gasteiger partial charge is 0.504 e. The van der Waals surface area contributed by atoms with Crippen LogP contribution < -0.4 is 0 Å². The summed E-state index contributed by atoms with van der Waals surface area (Å²) in [5.74, 6) is 0.875. The lowest BCUT2D eigenvalue weighted by Crippen LogP contribution is -2.03. The van der Waals surface area contributed by atoms with Gasteiger partial charge in [0.15, 0.2) is 11.5 Å². The van der Waals surface area contributed by atoms with Crippen LogP contribution in [-0.4, -0.2) is 27.4 Å². The highest BCUT2D eigenvalue weighted by Gasteiger charge is 1.92. The van der Waals surface area contributed by atoms with Gasteiger partial charge in [-0.3, -0.25) is 0 Å². The average Bonchev–Trinajstić information content (AvgIpc) is 2.11. The zero-order valence-electron chi connectivity index (χ0n) is 6.96. The molecule has 1 aromatic carbocycles. The lowest BCUT2D eigenvalue weighted by Gasteiger charge is -1.91. The van der Waals surface area contributed by atoms with Gasteiger partial charge in [-0.25, -0.2) is 0 Å². The molecule has 70 valence electrons. The summed E-state index contributed by atoms with van der Waals surface area (Å²) in [6.07, 6.45) is 0. The van der Waals surface area contributed by atoms with Gasteiger partial charge in [0.2, 0.25) is 0 Å². The van der Waals surface area contributed by atoms with Crippen molar-refractivity contribution < 1.29 is 20.3 Å². The molecular formula is C8H11BO4. The van der Waals surface area contributed by atoms with Gasteiger partial charge in [0.25, 0.3) is 0 Å². The number of phenolic OH excluding ortho intramolecular Hbond substituents is 2. The van der Waals surface area contributed by atoms with Gasteiger partial charge in [0.1, 0.15) is 0 Å². The summed E-state index contributed by atoms with van der Waals surface area (Å²) in [4.78, 5) is 0. The predicted molar refractivity (Wildman–Crippen MR) is 50.2 cm³/mol. The minimum atomic E-state index is -1.35. The molecule has 5 heteroatoms. The van der Waals surface area contributed by atoms with Crippen molar-refractivity contribution in [3.63, 3.8) is 0 Å². The Morgan fingerprint density at radius 3 is 1.54 bits per heavy atom. The Morgan fingerprint density at radius 2 is 1.38 bits per heavy atom. The summed E-state index contributed by atoms with van der Waals surface area (Å²) in [7, 11) is -1.35. The summed E-state index contributed by atoms with van der Waals surface area (Å²) in [5, 5.41) is 32.9. The standard InChI is InChI=1S/C6H6O2.C2H5BO2/c7-5-3-1-2-4-6(5)8;1-2-3(4)5/h1-4,7-8H;2,4-5H,1H2. The number of hydrogen-bond donors (Lipinski definition) is 4. The third-order valence-electron chi connectivity index (χ3n) is 1.09. The molecule has 0 saturated heterocycles. The first kappa shape index (κ1) is 11.5. The molecule has 0 radical (unpaired) electrons. The summed E-state index contributed by atoms with van der Waals surface area (Å²) < 4.78 is 0. The molecule has 0 aliphatic heterocycles. The molecule has 0 heterocycles. The van der Waals surface area contributed by atoms with Gasteiger partial charge in [-0.15, -0.1) is 6.58 Å². The number of para-hydroxylation sites is 2. The van der Waals surface area contributed by atoms with Gasteiger partial charge in [-0.1, -0.05) is 18.1 Å². The van der Waals surface area contributed by atoms with Crippen molar-refractivity contribution in [2.75, 3.05) is 0 Å². The van der Waals surface area contributed by atoms with Crippen molar-refractivity contribution in [2.45, 2.75) is 0 Å². The molecule has 0 aliphatic rings. The fraction of sp³-hybridized carbons (Fsp3) is 0. The van der Waals surface area contributed by atoms with Crippen molar-refractivity contribution in [1.29, 1.82) is 0 Å². The van der Waals surface area contributed by atoms with E-state index in [2.05, 4.69) is 6.58 Å². The monoisotopic (exact) mass is 182 g/mol. The van der Waals surface area contributed by atoms with Crippen LogP contribution in [0.15, 0.2) is 36.8 Å². The molecule has 0 aliphatic carbocycles. The first-order valence-corrected chi connectivity index (χ1v) is 3.53. The first-order chi connectivity index (χ1) is 6.07. The van der Waals surface area contributed by atoms with E-state index in [0.717, 1.165) is 5.98 Å². The number of aromatic hydroxyl groups is 2. The molecule has 0 saturated carbocycles. The van der Waals surface area contributed by atoms with Crippen molar-refractivity contribution in [3.05, 3.63) is 36.8 Å². The Balaban J connectivity index is 0.000000252. The molecule has 0 unspecified atom stereocenters. The predicted octanol–water partition coefficient (Wildman–Crippen LogP) is 0.282. The Labute approximate surface area is 76.5 Å². The number of phenols is 2. The van der Waals surface area contributed by atoms with E-state index in [1.807, 2.05) is 0 Å². The van der Waals surface area contributed by atoms with Crippen LogP contribution in [0.5, 0.6) is 11.5 Å². The Bertz CT molecular complexity index is 241. The van der Waals surface area contributed by atoms with Crippen LogP contribution in [0.2, 0.25) is 0 Å². The molecule has 13 heavy (non-hydrogen) atoms. The first-order valence-electron chi connectivity index (χ1n) is 3.53. The average molecular weight is 182 g/mol. The van der Waals surface area contributed by atoms with Crippen LogP contribution in [0.1, 0.15) is 0 Å². The van der Waals surface area contributed by atoms with E-state index in [4.69, 9.17) is 20.3 Å². The number of benzene rings is 1. The maximum atomic E-state index is 8.67. The molecule has 0 amide bonds. The highest BCUT2D eigenvalue weighted by molar-refractivity contribution is 6.47. The Kier molecular flexibility index (Phi) is 5.42. The van der Waals surface area contributed by atoms with Crippen LogP contribution in [0, 0.1) is 0 Å². The van der Waals surface area contributed by atoms with Gasteiger partial charge >= 0.3 is 7.12 Å². The summed E-state index contributed by atoms with van der Waals surface area (Å²) in [5.41, 5.74) is 0. The van der Waals surface area contributed by atoms with Crippen molar-refractivity contribution in [1.82, 2.24) is 0 Å². The van der Waals surface area contributed by atoms with E-state index in [1.54, 1.807) is 12.1 Å². The molecule has 4 N–H and O–H groups in total. The van der Waals surface area contributed by atoms with Crippen molar-refractivity contribution in [3.8, 4) is 11.5 Å². The number of rotatable bonds is 1. The van der Waals surface area contributed by atoms with Crippen LogP contribution in [0.3, 0.4) is 0 Å². The maximum Gasteiger partial charge on any atom is 0.480 e. The third kappa shape index (κ3) is 5.78. The van der Waals surface area contributed by atoms with Gasteiger partial charge in [0.05, 0.1) is 0 Å². The van der Waals surface area contributed by atoms with Gasteiger partial charge in [-0.2, -0.15) is 0 Å². The summed E-state index contributed by atoms with van der Waals surface area (Å²) >= 11 is 0. The van der Waals surface area contributed by atoms with E-state index in [1.165, 1.54) is 12.1 Å². The Hall–Kier alpha value is -1.46. The summed E-state index contributed by atoms with van der Waals surface area (Å²) in [6.45, 7) is 3.06. The SMILES string of the molecule is C=CB(O)O.Oc1ccccc1O. The fourth-order valence-corrected chi connectivity index (χ4v) is 0.464. The minimum Gasteiger partial charge on any atom is -0.504 e. The zero-order chi connectivity index (χ0) is 10.3.